The highest BCUT2D eigenvalue weighted by atomic mass is 32.2. The summed E-state index contributed by atoms with van der Waals surface area (Å²) >= 11 is 1.28. The van der Waals surface area contributed by atoms with Gasteiger partial charge in [-0.2, -0.15) is 0 Å². The van der Waals surface area contributed by atoms with Crippen LogP contribution in [0.4, 0.5) is 0 Å². The van der Waals surface area contributed by atoms with Crippen LogP contribution in [0.5, 0.6) is 0 Å². The molecule has 0 aromatic heterocycles. The number of hydrogen-bond donors (Lipinski definition) is 2. The molecule has 4 atom stereocenters. The number of thioether (sulfide) groups is 1. The molecule has 1 heterocycles. The van der Waals surface area contributed by atoms with Crippen LogP contribution in [-0.2, 0) is 9.59 Å². The van der Waals surface area contributed by atoms with Crippen molar-refractivity contribution < 1.29 is 14.7 Å². The fourth-order valence-corrected chi connectivity index (χ4v) is 4.82. The maximum Gasteiger partial charge on any atom is 0.341 e. The van der Waals surface area contributed by atoms with Crippen molar-refractivity contribution in [1.82, 2.24) is 5.32 Å². The zero-order chi connectivity index (χ0) is 15.6. The summed E-state index contributed by atoms with van der Waals surface area (Å²) in [4.78, 5) is 22.8. The molecule has 0 aromatic carbocycles. The first-order valence-electron chi connectivity index (χ1n) is 7.79. The number of aliphatic carboxylic acids is 1. The number of allylic oxidation sites excluding steroid dienone is 1. The quantitative estimate of drug-likeness (QED) is 0.604. The lowest BCUT2D eigenvalue weighted by Gasteiger charge is -2.38. The van der Waals surface area contributed by atoms with E-state index >= 15 is 0 Å². The Labute approximate surface area is 130 Å². The number of rotatable bonds is 5. The third-order valence-corrected chi connectivity index (χ3v) is 5.79. The van der Waals surface area contributed by atoms with Gasteiger partial charge in [0.15, 0.2) is 0 Å². The highest BCUT2D eigenvalue weighted by Gasteiger charge is 2.34. The van der Waals surface area contributed by atoms with Gasteiger partial charge < -0.3 is 10.4 Å². The molecule has 2 N–H and O–H groups in total. The van der Waals surface area contributed by atoms with Crippen molar-refractivity contribution in [2.75, 3.05) is 0 Å². The molecule has 1 aliphatic heterocycles. The summed E-state index contributed by atoms with van der Waals surface area (Å²) in [7, 11) is 0. The van der Waals surface area contributed by atoms with Crippen LogP contribution < -0.4 is 5.32 Å². The lowest BCUT2D eigenvalue weighted by Crippen LogP contribution is -2.46. The number of β-lactam (4-membered cyclic amide) rings is 1. The molecule has 2 fully saturated rings. The molecular formula is C16H25NO3S. The molecule has 0 aromatic rings. The standard InChI is InChI=1S/C16H25NO3S/c1-9(2)15-10(3)5-4-6-11(15)7-12(16(19)20)21-14-8-13(18)17-14/h7,9-11,14-15H,4-6,8H2,1-3H3,(H,17,18)(H,19,20)/t10?,11?,14-,15?/m1/s1. The van der Waals surface area contributed by atoms with E-state index < -0.39 is 5.97 Å². The molecule has 2 aliphatic rings. The van der Waals surface area contributed by atoms with Crippen molar-refractivity contribution in [2.45, 2.75) is 51.8 Å². The summed E-state index contributed by atoms with van der Waals surface area (Å²) in [6.45, 7) is 6.74. The number of carbonyl (C=O) groups is 2. The molecule has 4 nitrogen and oxygen atoms in total. The van der Waals surface area contributed by atoms with Crippen molar-refractivity contribution in [2.24, 2.45) is 23.7 Å². The van der Waals surface area contributed by atoms with Crippen LogP contribution in [0.1, 0.15) is 46.5 Å². The summed E-state index contributed by atoms with van der Waals surface area (Å²) in [6.07, 6.45) is 5.86. The Morgan fingerprint density at radius 1 is 1.43 bits per heavy atom. The minimum Gasteiger partial charge on any atom is -0.477 e. The third kappa shape index (κ3) is 4.02. The molecule has 1 saturated heterocycles. The van der Waals surface area contributed by atoms with E-state index in [1.807, 2.05) is 6.08 Å². The maximum absolute atomic E-state index is 11.5. The van der Waals surface area contributed by atoms with E-state index in [-0.39, 0.29) is 11.3 Å². The lowest BCUT2D eigenvalue weighted by atomic mass is 9.68. The van der Waals surface area contributed by atoms with Crippen LogP contribution in [0.15, 0.2) is 11.0 Å². The first-order valence-corrected chi connectivity index (χ1v) is 8.67. The van der Waals surface area contributed by atoms with Crippen molar-refractivity contribution in [1.29, 1.82) is 0 Å². The Morgan fingerprint density at radius 2 is 2.10 bits per heavy atom. The SMILES string of the molecule is CC(C)C1C(C)CCCC1C=C(S[C@@H]1CC(=O)N1)C(=O)O. The smallest absolute Gasteiger partial charge is 0.341 e. The first-order chi connectivity index (χ1) is 9.88. The van der Waals surface area contributed by atoms with E-state index in [1.54, 1.807) is 0 Å². The summed E-state index contributed by atoms with van der Waals surface area (Å²) < 4.78 is 0. The highest BCUT2D eigenvalue weighted by Crippen LogP contribution is 2.41. The van der Waals surface area contributed by atoms with E-state index in [0.29, 0.717) is 35.0 Å². The summed E-state index contributed by atoms with van der Waals surface area (Å²) in [6, 6.07) is 0. The minimum atomic E-state index is -0.873. The fraction of sp³-hybridized carbons (Fsp3) is 0.750. The fourth-order valence-electron chi connectivity index (χ4n) is 3.73. The largest absolute Gasteiger partial charge is 0.477 e. The molecule has 5 heteroatoms. The van der Waals surface area contributed by atoms with Crippen molar-refractivity contribution in [3.05, 3.63) is 11.0 Å². The Hall–Kier alpha value is -0.970. The minimum absolute atomic E-state index is 0.00332. The monoisotopic (exact) mass is 311 g/mol. The second-order valence-corrected chi connectivity index (χ2v) is 7.85. The number of hydrogen-bond acceptors (Lipinski definition) is 3. The highest BCUT2D eigenvalue weighted by molar-refractivity contribution is 8.04. The number of amides is 1. The third-order valence-electron chi connectivity index (χ3n) is 4.66. The maximum atomic E-state index is 11.5. The number of carboxylic acid groups (broad SMARTS) is 1. The molecule has 21 heavy (non-hydrogen) atoms. The van der Waals surface area contributed by atoms with Crippen LogP contribution >= 0.6 is 11.8 Å². The summed E-state index contributed by atoms with van der Waals surface area (Å²) in [5, 5.41) is 12.1. The second-order valence-electron chi connectivity index (χ2n) is 6.61. The van der Waals surface area contributed by atoms with Crippen molar-refractivity contribution in [3.63, 3.8) is 0 Å². The van der Waals surface area contributed by atoms with Gasteiger partial charge in [-0.25, -0.2) is 4.79 Å². The summed E-state index contributed by atoms with van der Waals surface area (Å²) in [5.41, 5.74) is 0. The van der Waals surface area contributed by atoms with Crippen LogP contribution in [0.2, 0.25) is 0 Å². The molecular weight excluding hydrogens is 286 g/mol. The topological polar surface area (TPSA) is 66.4 Å². The van der Waals surface area contributed by atoms with Crippen LogP contribution in [0.25, 0.3) is 0 Å². The second kappa shape index (κ2) is 6.86. The van der Waals surface area contributed by atoms with E-state index in [1.165, 1.54) is 24.6 Å². The predicted octanol–water partition coefficient (Wildman–Crippen LogP) is 3.24. The van der Waals surface area contributed by atoms with E-state index in [9.17, 15) is 14.7 Å². The molecule has 0 spiro atoms. The molecule has 118 valence electrons. The van der Waals surface area contributed by atoms with E-state index in [0.717, 1.165) is 6.42 Å². The predicted molar refractivity (Wildman–Crippen MR) is 84.7 cm³/mol. The molecule has 0 radical (unpaired) electrons. The Morgan fingerprint density at radius 3 is 2.62 bits per heavy atom. The van der Waals surface area contributed by atoms with E-state index in [2.05, 4.69) is 26.1 Å². The van der Waals surface area contributed by atoms with Gasteiger partial charge in [-0.1, -0.05) is 51.5 Å². The van der Waals surface area contributed by atoms with Crippen LogP contribution in [0.3, 0.4) is 0 Å². The van der Waals surface area contributed by atoms with Gasteiger partial charge in [0.2, 0.25) is 5.91 Å². The van der Waals surface area contributed by atoms with Gasteiger partial charge in [0.05, 0.1) is 16.7 Å². The van der Waals surface area contributed by atoms with Gasteiger partial charge in [-0.15, -0.1) is 0 Å². The Bertz CT molecular complexity index is 439. The Balaban J connectivity index is 2.11. The molecule has 3 unspecified atom stereocenters. The Kier molecular flexibility index (Phi) is 5.36. The normalized spacial score (nSPS) is 33.5. The summed E-state index contributed by atoms with van der Waals surface area (Å²) in [5.74, 6) is 1.21. The molecule has 0 bridgehead atoms. The number of carboxylic acids is 1. The zero-order valence-electron chi connectivity index (χ0n) is 13.0. The molecule has 1 amide bonds. The van der Waals surface area contributed by atoms with Gasteiger partial charge in [-0.3, -0.25) is 4.79 Å². The van der Waals surface area contributed by atoms with Gasteiger partial charge in [0, 0.05) is 0 Å². The van der Waals surface area contributed by atoms with Crippen molar-refractivity contribution >= 4 is 23.6 Å². The number of nitrogens with one attached hydrogen (secondary N) is 1. The van der Waals surface area contributed by atoms with Gasteiger partial charge in [-0.05, 0) is 30.1 Å². The average Bonchev–Trinajstić information content (AvgIpc) is 2.35. The lowest BCUT2D eigenvalue weighted by molar-refractivity contribution is -0.132. The number of carbonyl (C=O) groups excluding carboxylic acids is 1. The molecule has 1 saturated carbocycles. The van der Waals surface area contributed by atoms with Crippen LogP contribution in [0, 0.1) is 23.7 Å². The molecule has 1 aliphatic carbocycles. The van der Waals surface area contributed by atoms with E-state index in [4.69, 9.17) is 0 Å². The van der Waals surface area contributed by atoms with Gasteiger partial charge in [0.25, 0.3) is 0 Å². The van der Waals surface area contributed by atoms with Crippen LogP contribution in [-0.4, -0.2) is 22.4 Å². The molecule has 2 rings (SSSR count). The average molecular weight is 311 g/mol. The zero-order valence-corrected chi connectivity index (χ0v) is 13.8. The van der Waals surface area contributed by atoms with Gasteiger partial charge >= 0.3 is 5.97 Å². The van der Waals surface area contributed by atoms with Crippen molar-refractivity contribution in [3.8, 4) is 0 Å². The van der Waals surface area contributed by atoms with Gasteiger partial charge in [0.1, 0.15) is 0 Å². The first kappa shape index (κ1) is 16.4.